The molecule has 4 heteroatoms. The van der Waals surface area contributed by atoms with Gasteiger partial charge in [0.2, 0.25) is 0 Å². The van der Waals surface area contributed by atoms with E-state index in [0.29, 0.717) is 6.42 Å². The molecule has 1 aromatic heterocycles. The normalized spacial score (nSPS) is 12.7. The van der Waals surface area contributed by atoms with E-state index in [2.05, 4.69) is 53.1 Å². The van der Waals surface area contributed by atoms with Gasteiger partial charge in [0.15, 0.2) is 0 Å². The highest BCUT2D eigenvalue weighted by atomic mass is 79.9. The van der Waals surface area contributed by atoms with Crippen molar-refractivity contribution in [2.45, 2.75) is 26.4 Å². The van der Waals surface area contributed by atoms with Crippen molar-refractivity contribution in [3.8, 4) is 0 Å². The lowest BCUT2D eigenvalue weighted by Crippen LogP contribution is -2.08. The van der Waals surface area contributed by atoms with E-state index in [-0.39, 0.29) is 0 Å². The molecule has 2 aromatic rings. The maximum absolute atomic E-state index is 10.3. The lowest BCUT2D eigenvalue weighted by molar-refractivity contribution is 0.168. The average Bonchev–Trinajstić information content (AvgIpc) is 2.64. The minimum atomic E-state index is -0.547. The van der Waals surface area contributed by atoms with E-state index in [4.69, 9.17) is 0 Å². The molecule has 0 aliphatic rings. The number of aromatic nitrogens is 2. The predicted octanol–water partition coefficient (Wildman–Crippen LogP) is 3.08. The van der Waals surface area contributed by atoms with Crippen molar-refractivity contribution in [2.24, 2.45) is 7.05 Å². The molecule has 18 heavy (non-hydrogen) atoms. The topological polar surface area (TPSA) is 38.1 Å². The van der Waals surface area contributed by atoms with Crippen molar-refractivity contribution in [1.29, 1.82) is 0 Å². The van der Waals surface area contributed by atoms with Crippen molar-refractivity contribution in [3.63, 3.8) is 0 Å². The minimum Gasteiger partial charge on any atom is -0.386 e. The van der Waals surface area contributed by atoms with Crippen LogP contribution >= 0.6 is 15.9 Å². The number of aliphatic hydroxyl groups excluding tert-OH is 1. The highest BCUT2D eigenvalue weighted by Crippen LogP contribution is 2.25. The Kier molecular flexibility index (Phi) is 3.88. The fourth-order valence-corrected chi connectivity index (χ4v) is 2.66. The number of rotatable bonds is 3. The van der Waals surface area contributed by atoms with Crippen LogP contribution < -0.4 is 0 Å². The first-order valence-corrected chi connectivity index (χ1v) is 6.70. The SMILES string of the molecule is Cc1ccc(CC(O)c2c(Br)cnn2C)cc1C. The van der Waals surface area contributed by atoms with E-state index in [1.54, 1.807) is 10.9 Å². The Bertz CT molecular complexity index is 543. The Morgan fingerprint density at radius 2 is 2.06 bits per heavy atom. The summed E-state index contributed by atoms with van der Waals surface area (Å²) in [5.74, 6) is 0. The maximum Gasteiger partial charge on any atom is 0.101 e. The van der Waals surface area contributed by atoms with E-state index >= 15 is 0 Å². The lowest BCUT2D eigenvalue weighted by atomic mass is 10.0. The first-order chi connectivity index (χ1) is 8.49. The fourth-order valence-electron chi connectivity index (χ4n) is 2.05. The van der Waals surface area contributed by atoms with Gasteiger partial charge in [-0.25, -0.2) is 0 Å². The van der Waals surface area contributed by atoms with E-state index in [1.807, 2.05) is 7.05 Å². The summed E-state index contributed by atoms with van der Waals surface area (Å²) in [7, 11) is 1.84. The fraction of sp³-hybridized carbons (Fsp3) is 0.357. The van der Waals surface area contributed by atoms with Crippen LogP contribution in [0.2, 0.25) is 0 Å². The standard InChI is InChI=1S/C14H17BrN2O/c1-9-4-5-11(6-10(9)2)7-13(18)14-12(15)8-16-17(14)3/h4-6,8,13,18H,7H2,1-3H3. The Balaban J connectivity index is 2.21. The largest absolute Gasteiger partial charge is 0.386 e. The van der Waals surface area contributed by atoms with Gasteiger partial charge in [0.25, 0.3) is 0 Å². The van der Waals surface area contributed by atoms with Gasteiger partial charge in [0, 0.05) is 13.5 Å². The maximum atomic E-state index is 10.3. The van der Waals surface area contributed by atoms with Crippen LogP contribution in [0.5, 0.6) is 0 Å². The van der Waals surface area contributed by atoms with Gasteiger partial charge in [0.1, 0.15) is 6.10 Å². The highest BCUT2D eigenvalue weighted by Gasteiger charge is 2.16. The summed E-state index contributed by atoms with van der Waals surface area (Å²) in [5.41, 5.74) is 4.48. The molecule has 1 atom stereocenters. The predicted molar refractivity (Wildman–Crippen MR) is 75.5 cm³/mol. The summed E-state index contributed by atoms with van der Waals surface area (Å²) in [6.45, 7) is 4.18. The molecule has 0 amide bonds. The van der Waals surface area contributed by atoms with Crippen LogP contribution in [0, 0.1) is 13.8 Å². The molecule has 0 spiro atoms. The molecule has 1 aromatic carbocycles. The van der Waals surface area contributed by atoms with Gasteiger partial charge in [-0.3, -0.25) is 4.68 Å². The quantitative estimate of drug-likeness (QED) is 0.946. The summed E-state index contributed by atoms with van der Waals surface area (Å²) in [6.07, 6.45) is 1.76. The van der Waals surface area contributed by atoms with E-state index < -0.39 is 6.10 Å². The summed E-state index contributed by atoms with van der Waals surface area (Å²) < 4.78 is 2.55. The van der Waals surface area contributed by atoms with E-state index in [1.165, 1.54) is 11.1 Å². The number of hydrogen-bond acceptors (Lipinski definition) is 2. The molecule has 96 valence electrons. The first kappa shape index (κ1) is 13.3. The number of aryl methyl sites for hydroxylation is 3. The molecule has 0 aliphatic heterocycles. The number of benzene rings is 1. The monoisotopic (exact) mass is 308 g/mol. The van der Waals surface area contributed by atoms with Gasteiger partial charge in [0.05, 0.1) is 16.4 Å². The van der Waals surface area contributed by atoms with Crippen molar-refractivity contribution in [1.82, 2.24) is 9.78 Å². The molecule has 0 radical (unpaired) electrons. The van der Waals surface area contributed by atoms with E-state index in [0.717, 1.165) is 15.7 Å². The Morgan fingerprint density at radius 3 is 2.61 bits per heavy atom. The van der Waals surface area contributed by atoms with Gasteiger partial charge < -0.3 is 5.11 Å². The number of aliphatic hydroxyl groups is 1. The molecule has 0 saturated heterocycles. The second-order valence-corrected chi connectivity index (χ2v) is 5.49. The molecular formula is C14H17BrN2O. The zero-order chi connectivity index (χ0) is 13.3. The molecule has 0 fully saturated rings. The lowest BCUT2D eigenvalue weighted by Gasteiger charge is -2.13. The van der Waals surface area contributed by atoms with Crippen LogP contribution in [0.15, 0.2) is 28.9 Å². The third-order valence-electron chi connectivity index (χ3n) is 3.25. The van der Waals surface area contributed by atoms with Gasteiger partial charge in [-0.05, 0) is 46.5 Å². The van der Waals surface area contributed by atoms with Crippen molar-refractivity contribution in [3.05, 3.63) is 51.3 Å². The second-order valence-electron chi connectivity index (χ2n) is 4.64. The average molecular weight is 309 g/mol. The summed E-state index contributed by atoms with van der Waals surface area (Å²) >= 11 is 3.41. The Hall–Kier alpha value is -1.13. The van der Waals surface area contributed by atoms with Crippen LogP contribution in [0.1, 0.15) is 28.5 Å². The first-order valence-electron chi connectivity index (χ1n) is 5.90. The van der Waals surface area contributed by atoms with Crippen LogP contribution in [0.4, 0.5) is 0 Å². The van der Waals surface area contributed by atoms with Gasteiger partial charge in [-0.2, -0.15) is 5.10 Å². The molecule has 2 rings (SSSR count). The van der Waals surface area contributed by atoms with Gasteiger partial charge >= 0.3 is 0 Å². The smallest absolute Gasteiger partial charge is 0.101 e. The Morgan fingerprint density at radius 1 is 1.33 bits per heavy atom. The second kappa shape index (κ2) is 5.24. The molecule has 1 heterocycles. The number of nitrogens with zero attached hydrogens (tertiary/aromatic N) is 2. The van der Waals surface area contributed by atoms with Gasteiger partial charge in [-0.1, -0.05) is 18.2 Å². The van der Waals surface area contributed by atoms with Crippen molar-refractivity contribution >= 4 is 15.9 Å². The van der Waals surface area contributed by atoms with E-state index in [9.17, 15) is 5.11 Å². The summed E-state index contributed by atoms with van der Waals surface area (Å²) in [6, 6.07) is 6.29. The number of hydrogen-bond donors (Lipinski definition) is 1. The third-order valence-corrected chi connectivity index (χ3v) is 3.86. The summed E-state index contributed by atoms with van der Waals surface area (Å²) in [4.78, 5) is 0. The third kappa shape index (κ3) is 2.65. The molecule has 0 saturated carbocycles. The van der Waals surface area contributed by atoms with Gasteiger partial charge in [-0.15, -0.1) is 0 Å². The van der Waals surface area contributed by atoms with Crippen LogP contribution in [0.3, 0.4) is 0 Å². The van der Waals surface area contributed by atoms with Crippen LogP contribution in [0.25, 0.3) is 0 Å². The molecular weight excluding hydrogens is 292 g/mol. The number of halogens is 1. The molecule has 0 aliphatic carbocycles. The minimum absolute atomic E-state index is 0.547. The molecule has 1 unspecified atom stereocenters. The Labute approximate surface area is 116 Å². The zero-order valence-electron chi connectivity index (χ0n) is 10.8. The highest BCUT2D eigenvalue weighted by molar-refractivity contribution is 9.10. The van der Waals surface area contributed by atoms with Crippen LogP contribution in [-0.4, -0.2) is 14.9 Å². The van der Waals surface area contributed by atoms with Crippen molar-refractivity contribution < 1.29 is 5.11 Å². The molecule has 3 nitrogen and oxygen atoms in total. The zero-order valence-corrected chi connectivity index (χ0v) is 12.4. The van der Waals surface area contributed by atoms with Crippen molar-refractivity contribution in [2.75, 3.05) is 0 Å². The summed E-state index contributed by atoms with van der Waals surface area (Å²) in [5, 5.41) is 14.4. The molecule has 1 N–H and O–H groups in total. The van der Waals surface area contributed by atoms with Crippen LogP contribution in [-0.2, 0) is 13.5 Å². The molecule has 0 bridgehead atoms.